The topological polar surface area (TPSA) is 75.0 Å². The molecule has 0 amide bonds. The van der Waals surface area contributed by atoms with Crippen LogP contribution in [0.3, 0.4) is 0 Å². The van der Waals surface area contributed by atoms with Crippen molar-refractivity contribution in [2.45, 2.75) is 20.0 Å². The van der Waals surface area contributed by atoms with E-state index >= 15 is 0 Å². The van der Waals surface area contributed by atoms with Gasteiger partial charge in [-0.3, -0.25) is 4.98 Å². The molecule has 0 atom stereocenters. The number of nitrogens with zero attached hydrogens (tertiary/aromatic N) is 6. The molecule has 6 rings (SSSR count). The number of H-pyrrole nitrogens is 1. The number of fused-ring (bicyclic) bond motifs is 1. The fourth-order valence-corrected chi connectivity index (χ4v) is 4.65. The van der Waals surface area contributed by atoms with Crippen molar-refractivity contribution in [2.75, 3.05) is 0 Å². The highest BCUT2D eigenvalue weighted by molar-refractivity contribution is 6.04. The zero-order valence-electron chi connectivity index (χ0n) is 21.0. The Morgan fingerprint density at radius 2 is 1.72 bits per heavy atom. The molecule has 0 unspecified atom stereocenters. The molecular weight excluding hydrogens is 495 g/mol. The summed E-state index contributed by atoms with van der Waals surface area (Å²) in [6, 6.07) is 20.5. The first-order valence-electron chi connectivity index (χ1n) is 12.3. The number of aryl methyl sites for hydroxylation is 1. The molecule has 0 bridgehead atoms. The largest absolute Gasteiger partial charge is 0.344 e. The molecule has 4 aromatic heterocycles. The Balaban J connectivity index is 1.32. The lowest BCUT2D eigenvalue weighted by molar-refractivity contribution is 0.433. The zero-order chi connectivity index (χ0) is 26.9. The van der Waals surface area contributed by atoms with Crippen LogP contribution in [0.15, 0.2) is 85.3 Å². The molecule has 6 aromatic rings. The highest BCUT2D eigenvalue weighted by atomic mass is 19.1. The van der Waals surface area contributed by atoms with E-state index < -0.39 is 11.6 Å². The minimum absolute atomic E-state index is 0.288. The first-order chi connectivity index (χ1) is 18.9. The summed E-state index contributed by atoms with van der Waals surface area (Å²) in [5.74, 6) is -0.624. The highest BCUT2D eigenvalue weighted by Crippen LogP contribution is 2.30. The van der Waals surface area contributed by atoms with E-state index in [1.54, 1.807) is 9.33 Å². The summed E-state index contributed by atoms with van der Waals surface area (Å²) in [5, 5.41) is 4.24. The van der Waals surface area contributed by atoms with Crippen LogP contribution in [0.1, 0.15) is 17.1 Å². The van der Waals surface area contributed by atoms with E-state index in [0.29, 0.717) is 29.2 Å². The molecule has 0 aliphatic rings. The van der Waals surface area contributed by atoms with Crippen LogP contribution in [0.25, 0.3) is 39.4 Å². The number of aromatic nitrogens is 6. The zero-order valence-corrected chi connectivity index (χ0v) is 21.0. The van der Waals surface area contributed by atoms with Gasteiger partial charge < -0.3 is 9.79 Å². The third-order valence-corrected chi connectivity index (χ3v) is 6.36. The minimum Gasteiger partial charge on any atom is -0.344 e. The SMILES string of the molecule is [B]N(Cc1nc(-c2ccc3ncnn3c2)c(-c2cccc(C)n2)[nH]1)Cc1ccccc1-c1cc(F)cc(F)c1. The van der Waals surface area contributed by atoms with Crippen molar-refractivity contribution in [1.82, 2.24) is 34.4 Å². The van der Waals surface area contributed by atoms with Gasteiger partial charge in [-0.1, -0.05) is 30.3 Å². The summed E-state index contributed by atoms with van der Waals surface area (Å²) < 4.78 is 29.5. The molecule has 2 aromatic carbocycles. The number of nitrogens with one attached hydrogen (secondary N) is 1. The molecule has 0 spiro atoms. The number of imidazole rings is 1. The second-order valence-corrected chi connectivity index (χ2v) is 9.27. The van der Waals surface area contributed by atoms with E-state index in [0.717, 1.165) is 39.9 Å². The van der Waals surface area contributed by atoms with Gasteiger partial charge in [-0.15, -0.1) is 0 Å². The molecule has 190 valence electrons. The predicted octanol–water partition coefficient (Wildman–Crippen LogP) is 5.52. The molecule has 10 heteroatoms. The maximum atomic E-state index is 13.9. The summed E-state index contributed by atoms with van der Waals surface area (Å²) in [6.45, 7) is 2.55. The van der Waals surface area contributed by atoms with Gasteiger partial charge in [0.15, 0.2) is 13.6 Å². The average Bonchev–Trinajstić information content (AvgIpc) is 3.55. The smallest absolute Gasteiger partial charge is 0.183 e. The van der Waals surface area contributed by atoms with Gasteiger partial charge in [0, 0.05) is 36.6 Å². The lowest BCUT2D eigenvalue weighted by Crippen LogP contribution is -2.20. The number of halogens is 2. The Morgan fingerprint density at radius 1 is 0.897 bits per heavy atom. The third-order valence-electron chi connectivity index (χ3n) is 6.36. The number of benzene rings is 2. The van der Waals surface area contributed by atoms with Crippen LogP contribution >= 0.6 is 0 Å². The third kappa shape index (κ3) is 5.19. The van der Waals surface area contributed by atoms with E-state index in [-0.39, 0.29) is 6.54 Å². The van der Waals surface area contributed by atoms with Gasteiger partial charge in [0.25, 0.3) is 0 Å². The summed E-state index contributed by atoms with van der Waals surface area (Å²) in [7, 11) is 6.45. The number of hydrogen-bond acceptors (Lipinski definition) is 5. The lowest BCUT2D eigenvalue weighted by Gasteiger charge is -2.18. The van der Waals surface area contributed by atoms with E-state index in [1.165, 1.54) is 18.5 Å². The van der Waals surface area contributed by atoms with Gasteiger partial charge in [0.05, 0.1) is 17.1 Å². The molecule has 4 heterocycles. The number of rotatable bonds is 7. The van der Waals surface area contributed by atoms with Crippen molar-refractivity contribution in [2.24, 2.45) is 0 Å². The van der Waals surface area contributed by atoms with Crippen molar-refractivity contribution in [1.29, 1.82) is 0 Å². The summed E-state index contributed by atoms with van der Waals surface area (Å²) in [6.07, 6.45) is 3.37. The first-order valence-corrected chi connectivity index (χ1v) is 12.3. The summed E-state index contributed by atoms with van der Waals surface area (Å²) >= 11 is 0. The molecule has 0 saturated carbocycles. The fraction of sp³-hybridized carbons (Fsp3) is 0.103. The van der Waals surface area contributed by atoms with Gasteiger partial charge in [0.2, 0.25) is 0 Å². The van der Waals surface area contributed by atoms with Crippen molar-refractivity contribution < 1.29 is 8.78 Å². The molecule has 0 aliphatic heterocycles. The van der Waals surface area contributed by atoms with Crippen LogP contribution in [0, 0.1) is 18.6 Å². The monoisotopic (exact) mass is 517 g/mol. The van der Waals surface area contributed by atoms with E-state index in [2.05, 4.69) is 20.1 Å². The second kappa shape index (κ2) is 10.2. The maximum Gasteiger partial charge on any atom is 0.183 e. The van der Waals surface area contributed by atoms with Crippen LogP contribution < -0.4 is 0 Å². The van der Waals surface area contributed by atoms with E-state index in [1.807, 2.05) is 67.7 Å². The molecule has 7 nitrogen and oxygen atoms in total. The Labute approximate surface area is 224 Å². The Kier molecular flexibility index (Phi) is 6.46. The van der Waals surface area contributed by atoms with E-state index in [4.69, 9.17) is 13.0 Å². The van der Waals surface area contributed by atoms with Crippen LogP contribution in [-0.4, -0.2) is 42.3 Å². The molecule has 39 heavy (non-hydrogen) atoms. The number of aromatic amines is 1. The highest BCUT2D eigenvalue weighted by Gasteiger charge is 2.18. The molecule has 0 fully saturated rings. The van der Waals surface area contributed by atoms with Crippen molar-refractivity contribution in [3.05, 3.63) is 114 Å². The van der Waals surface area contributed by atoms with Crippen LogP contribution in [-0.2, 0) is 13.1 Å². The Hall–Kier alpha value is -4.70. The molecule has 0 saturated heterocycles. The Morgan fingerprint density at radius 3 is 2.54 bits per heavy atom. The average molecular weight is 517 g/mol. The fourth-order valence-electron chi connectivity index (χ4n) is 4.65. The van der Waals surface area contributed by atoms with Crippen molar-refractivity contribution in [3.8, 4) is 33.8 Å². The molecule has 2 radical (unpaired) electrons. The maximum absolute atomic E-state index is 13.9. The molecule has 0 aliphatic carbocycles. The van der Waals surface area contributed by atoms with Crippen molar-refractivity contribution in [3.63, 3.8) is 0 Å². The quantitative estimate of drug-likeness (QED) is 0.282. The normalized spacial score (nSPS) is 11.5. The van der Waals surface area contributed by atoms with Gasteiger partial charge in [-0.2, -0.15) is 5.10 Å². The minimum atomic E-state index is -0.631. The molecular formula is C29H22BF2N7. The lowest BCUT2D eigenvalue weighted by atomic mass is 9.98. The van der Waals surface area contributed by atoms with Gasteiger partial charge in [-0.25, -0.2) is 23.3 Å². The van der Waals surface area contributed by atoms with E-state index in [9.17, 15) is 8.78 Å². The predicted molar refractivity (Wildman–Crippen MR) is 145 cm³/mol. The van der Waals surface area contributed by atoms with Crippen LogP contribution in [0.4, 0.5) is 8.78 Å². The van der Waals surface area contributed by atoms with Gasteiger partial charge in [-0.05, 0) is 60.0 Å². The standard InChI is InChI=1S/C29H22BF2N7/c1-18-5-4-8-25(35-18)29-28(20-9-10-27-33-17-34-39(27)15-20)36-26(37-29)16-38(30)14-19-6-2-3-7-24(19)21-11-22(31)13-23(32)12-21/h2-13,15,17H,14,16H2,1H3,(H,36,37). The summed E-state index contributed by atoms with van der Waals surface area (Å²) in [4.78, 5) is 18.8. The van der Waals surface area contributed by atoms with Crippen LogP contribution in [0.2, 0.25) is 0 Å². The Bertz CT molecular complexity index is 1780. The first kappa shape index (κ1) is 24.6. The molecule has 1 N–H and O–H groups in total. The number of pyridine rings is 2. The number of hydrogen-bond donors (Lipinski definition) is 1. The summed E-state index contributed by atoms with van der Waals surface area (Å²) in [5.41, 5.74) is 6.67. The van der Waals surface area contributed by atoms with Gasteiger partial charge in [0.1, 0.15) is 23.8 Å². The second-order valence-electron chi connectivity index (χ2n) is 9.27. The van der Waals surface area contributed by atoms with Crippen LogP contribution in [0.5, 0.6) is 0 Å². The van der Waals surface area contributed by atoms with Crippen molar-refractivity contribution >= 4 is 13.6 Å². The van der Waals surface area contributed by atoms with Gasteiger partial charge >= 0.3 is 0 Å².